The van der Waals surface area contributed by atoms with Gasteiger partial charge in [-0.15, -0.1) is 10.2 Å². The molecule has 1 unspecified atom stereocenters. The molecule has 5 nitrogen and oxygen atoms in total. The Morgan fingerprint density at radius 3 is 2.69 bits per heavy atom. The van der Waals surface area contributed by atoms with Crippen LogP contribution in [0.4, 0.5) is 0 Å². The molecule has 0 fully saturated rings. The van der Waals surface area contributed by atoms with Crippen LogP contribution in [-0.2, 0) is 11.2 Å². The summed E-state index contributed by atoms with van der Waals surface area (Å²) in [5, 5.41) is 16.5. The van der Waals surface area contributed by atoms with E-state index in [9.17, 15) is 4.79 Å². The number of aryl methyl sites for hydroxylation is 2. The summed E-state index contributed by atoms with van der Waals surface area (Å²) in [7, 11) is 0. The van der Waals surface area contributed by atoms with Crippen molar-refractivity contribution in [2.24, 2.45) is 0 Å². The molecule has 0 aliphatic carbocycles. The predicted octanol–water partition coefficient (Wildman–Crippen LogP) is 0.795. The second-order valence-electron chi connectivity index (χ2n) is 2.90. The van der Waals surface area contributed by atoms with Crippen LogP contribution in [0.1, 0.15) is 31.5 Å². The summed E-state index contributed by atoms with van der Waals surface area (Å²) in [6, 6.07) is -0.593. The van der Waals surface area contributed by atoms with E-state index in [0.717, 1.165) is 0 Å². The van der Waals surface area contributed by atoms with Crippen molar-refractivity contribution in [2.45, 2.75) is 33.2 Å². The standard InChI is InChI=1S/C8H13N3O2/c1-4-7-10-9-6(3)11(7)5(2)8(12)13/h5H,4H2,1-3H3,(H,12,13). The summed E-state index contributed by atoms with van der Waals surface area (Å²) in [4.78, 5) is 10.7. The van der Waals surface area contributed by atoms with E-state index in [2.05, 4.69) is 10.2 Å². The Morgan fingerprint density at radius 1 is 1.62 bits per heavy atom. The molecule has 1 heterocycles. The van der Waals surface area contributed by atoms with Crippen molar-refractivity contribution in [1.82, 2.24) is 14.8 Å². The van der Waals surface area contributed by atoms with Crippen molar-refractivity contribution < 1.29 is 9.90 Å². The van der Waals surface area contributed by atoms with E-state index in [0.29, 0.717) is 18.1 Å². The number of carbonyl (C=O) groups is 1. The average Bonchev–Trinajstić information content (AvgIpc) is 2.45. The van der Waals surface area contributed by atoms with Crippen LogP contribution in [-0.4, -0.2) is 25.8 Å². The highest BCUT2D eigenvalue weighted by atomic mass is 16.4. The Bertz CT molecular complexity index is 319. The summed E-state index contributed by atoms with van der Waals surface area (Å²) in [5.74, 6) is 0.497. The third-order valence-electron chi connectivity index (χ3n) is 2.00. The Hall–Kier alpha value is -1.39. The SMILES string of the molecule is CCc1nnc(C)n1C(C)C(=O)O. The molecule has 72 valence electrons. The zero-order valence-electron chi connectivity index (χ0n) is 7.98. The molecule has 1 rings (SSSR count). The van der Waals surface area contributed by atoms with Gasteiger partial charge in [-0.25, -0.2) is 4.79 Å². The largest absolute Gasteiger partial charge is 0.480 e. The van der Waals surface area contributed by atoms with Crippen LogP contribution >= 0.6 is 0 Å². The van der Waals surface area contributed by atoms with E-state index < -0.39 is 12.0 Å². The smallest absolute Gasteiger partial charge is 0.326 e. The Balaban J connectivity index is 3.10. The summed E-state index contributed by atoms with van der Waals surface area (Å²) < 4.78 is 1.64. The molecule has 0 bridgehead atoms. The lowest BCUT2D eigenvalue weighted by Gasteiger charge is -2.11. The molecular formula is C8H13N3O2. The molecule has 5 heteroatoms. The molecule has 0 aromatic carbocycles. The van der Waals surface area contributed by atoms with Crippen LogP contribution in [0.3, 0.4) is 0 Å². The molecule has 0 saturated carbocycles. The highest BCUT2D eigenvalue weighted by Gasteiger charge is 2.18. The fraction of sp³-hybridized carbons (Fsp3) is 0.625. The highest BCUT2D eigenvalue weighted by Crippen LogP contribution is 2.11. The number of nitrogens with zero attached hydrogens (tertiary/aromatic N) is 3. The molecule has 0 aliphatic heterocycles. The zero-order valence-corrected chi connectivity index (χ0v) is 7.98. The molecule has 0 radical (unpaired) electrons. The minimum atomic E-state index is -0.863. The fourth-order valence-corrected chi connectivity index (χ4v) is 1.27. The van der Waals surface area contributed by atoms with Crippen LogP contribution in [0.15, 0.2) is 0 Å². The van der Waals surface area contributed by atoms with Gasteiger partial charge in [-0.05, 0) is 13.8 Å². The predicted molar refractivity (Wildman–Crippen MR) is 46.5 cm³/mol. The Labute approximate surface area is 76.4 Å². The van der Waals surface area contributed by atoms with E-state index in [1.807, 2.05) is 6.92 Å². The topological polar surface area (TPSA) is 68.0 Å². The molecule has 0 spiro atoms. The molecule has 1 aromatic rings. The highest BCUT2D eigenvalue weighted by molar-refractivity contribution is 5.71. The average molecular weight is 183 g/mol. The van der Waals surface area contributed by atoms with Crippen LogP contribution < -0.4 is 0 Å². The number of hydrogen-bond acceptors (Lipinski definition) is 3. The summed E-state index contributed by atoms with van der Waals surface area (Å²) >= 11 is 0. The van der Waals surface area contributed by atoms with Gasteiger partial charge in [0.1, 0.15) is 17.7 Å². The van der Waals surface area contributed by atoms with E-state index in [1.165, 1.54) is 0 Å². The first-order chi connectivity index (χ1) is 6.07. The van der Waals surface area contributed by atoms with Gasteiger partial charge < -0.3 is 9.67 Å². The number of carboxylic acids is 1. The van der Waals surface area contributed by atoms with E-state index in [1.54, 1.807) is 18.4 Å². The molecular weight excluding hydrogens is 170 g/mol. The normalized spacial score (nSPS) is 12.8. The summed E-state index contributed by atoms with van der Waals surface area (Å²) in [6.07, 6.45) is 0.693. The molecule has 13 heavy (non-hydrogen) atoms. The molecule has 1 aromatic heterocycles. The van der Waals surface area contributed by atoms with Crippen molar-refractivity contribution >= 4 is 5.97 Å². The van der Waals surface area contributed by atoms with Gasteiger partial charge in [0.05, 0.1) is 0 Å². The second kappa shape index (κ2) is 3.55. The maximum atomic E-state index is 10.7. The zero-order chi connectivity index (χ0) is 10.0. The summed E-state index contributed by atoms with van der Waals surface area (Å²) in [5.41, 5.74) is 0. The van der Waals surface area contributed by atoms with Gasteiger partial charge in [0.25, 0.3) is 0 Å². The third-order valence-corrected chi connectivity index (χ3v) is 2.00. The lowest BCUT2D eigenvalue weighted by atomic mass is 10.3. The molecule has 0 saturated heterocycles. The first-order valence-corrected chi connectivity index (χ1v) is 4.21. The number of hydrogen-bond donors (Lipinski definition) is 1. The van der Waals surface area contributed by atoms with Crippen molar-refractivity contribution in [3.63, 3.8) is 0 Å². The quantitative estimate of drug-likeness (QED) is 0.752. The second-order valence-corrected chi connectivity index (χ2v) is 2.90. The maximum absolute atomic E-state index is 10.7. The lowest BCUT2D eigenvalue weighted by molar-refractivity contribution is -0.140. The van der Waals surface area contributed by atoms with Gasteiger partial charge in [-0.2, -0.15) is 0 Å². The van der Waals surface area contributed by atoms with Gasteiger partial charge in [-0.1, -0.05) is 6.92 Å². The third kappa shape index (κ3) is 1.68. The summed E-state index contributed by atoms with van der Waals surface area (Å²) in [6.45, 7) is 5.30. The molecule has 0 aliphatic rings. The van der Waals surface area contributed by atoms with Crippen molar-refractivity contribution in [3.05, 3.63) is 11.6 Å². The van der Waals surface area contributed by atoms with Crippen LogP contribution in [0, 0.1) is 6.92 Å². The van der Waals surface area contributed by atoms with Gasteiger partial charge in [0.2, 0.25) is 0 Å². The monoisotopic (exact) mass is 183 g/mol. The van der Waals surface area contributed by atoms with Crippen molar-refractivity contribution in [2.75, 3.05) is 0 Å². The van der Waals surface area contributed by atoms with Gasteiger partial charge in [0, 0.05) is 6.42 Å². The van der Waals surface area contributed by atoms with E-state index in [4.69, 9.17) is 5.11 Å². The van der Waals surface area contributed by atoms with Gasteiger partial charge in [0.15, 0.2) is 0 Å². The Morgan fingerprint density at radius 2 is 2.23 bits per heavy atom. The van der Waals surface area contributed by atoms with Crippen LogP contribution in [0.25, 0.3) is 0 Å². The first kappa shape index (κ1) is 9.70. The minimum absolute atomic E-state index is 0.593. The molecule has 1 N–H and O–H groups in total. The number of aromatic nitrogens is 3. The van der Waals surface area contributed by atoms with Crippen molar-refractivity contribution in [1.29, 1.82) is 0 Å². The number of aliphatic carboxylic acids is 1. The van der Waals surface area contributed by atoms with Crippen LogP contribution in [0.2, 0.25) is 0 Å². The molecule has 1 atom stereocenters. The Kier molecular flexibility index (Phi) is 2.65. The minimum Gasteiger partial charge on any atom is -0.480 e. The fourth-order valence-electron chi connectivity index (χ4n) is 1.27. The number of rotatable bonds is 3. The van der Waals surface area contributed by atoms with E-state index in [-0.39, 0.29) is 0 Å². The van der Waals surface area contributed by atoms with Crippen LogP contribution in [0.5, 0.6) is 0 Å². The van der Waals surface area contributed by atoms with Crippen molar-refractivity contribution in [3.8, 4) is 0 Å². The van der Waals surface area contributed by atoms with E-state index >= 15 is 0 Å². The molecule has 0 amide bonds. The lowest BCUT2D eigenvalue weighted by Crippen LogP contribution is -2.18. The van der Waals surface area contributed by atoms with Gasteiger partial charge >= 0.3 is 5.97 Å². The maximum Gasteiger partial charge on any atom is 0.326 e. The first-order valence-electron chi connectivity index (χ1n) is 4.21. The number of carboxylic acid groups (broad SMARTS) is 1. The van der Waals surface area contributed by atoms with Gasteiger partial charge in [-0.3, -0.25) is 0 Å².